The number of hydrogen-bond donors (Lipinski definition) is 1. The summed E-state index contributed by atoms with van der Waals surface area (Å²) in [5.41, 5.74) is 0. The average Bonchev–Trinajstić information content (AvgIpc) is 1.66. The van der Waals surface area contributed by atoms with Crippen molar-refractivity contribution >= 4 is 0 Å². The number of nitrogens with zero attached hydrogens (tertiary/aromatic N) is 1. The van der Waals surface area contributed by atoms with Crippen molar-refractivity contribution in [2.75, 3.05) is 27.2 Å². The van der Waals surface area contributed by atoms with E-state index >= 15 is 0 Å². The fourth-order valence-electron chi connectivity index (χ4n) is 0.270. The Morgan fingerprint density at radius 1 is 1.38 bits per heavy atom. The van der Waals surface area contributed by atoms with Gasteiger partial charge < -0.3 is 5.11 Å². The maximum Gasteiger partial charge on any atom is 0.104 e. The monoisotopic (exact) mass is 113 g/mol. The van der Waals surface area contributed by atoms with Gasteiger partial charge in [0.25, 0.3) is 0 Å². The lowest BCUT2D eigenvalue weighted by atomic mass is 10.5. The number of rotatable bonds is 1. The molecule has 0 radical (unpaired) electrons. The lowest BCUT2D eigenvalue weighted by Gasteiger charge is -2.00. The van der Waals surface area contributed by atoms with Crippen LogP contribution in [-0.2, 0) is 0 Å². The maximum atomic E-state index is 8.19. The molecule has 0 fully saturated rings. The second kappa shape index (κ2) is 4.63. The molecule has 0 heterocycles. The smallest absolute Gasteiger partial charge is 0.104 e. The third-order valence-corrected chi connectivity index (χ3v) is 0.599. The van der Waals surface area contributed by atoms with E-state index in [4.69, 9.17) is 5.11 Å². The van der Waals surface area contributed by atoms with Gasteiger partial charge in [-0.3, -0.25) is 4.90 Å². The van der Waals surface area contributed by atoms with Crippen LogP contribution in [0.1, 0.15) is 0 Å². The van der Waals surface area contributed by atoms with Crippen molar-refractivity contribution in [1.29, 1.82) is 0 Å². The zero-order valence-electron chi connectivity index (χ0n) is 5.31. The Labute approximate surface area is 50.1 Å². The molecule has 0 rings (SSSR count). The summed E-state index contributed by atoms with van der Waals surface area (Å²) >= 11 is 0. The van der Waals surface area contributed by atoms with Crippen LogP contribution in [0, 0.1) is 11.8 Å². The SMILES string of the molecule is CN(C)CC#CCO. The van der Waals surface area contributed by atoms with Crippen molar-refractivity contribution in [3.63, 3.8) is 0 Å². The van der Waals surface area contributed by atoms with E-state index in [2.05, 4.69) is 11.8 Å². The molecule has 0 aliphatic rings. The van der Waals surface area contributed by atoms with Crippen molar-refractivity contribution < 1.29 is 5.11 Å². The fourth-order valence-corrected chi connectivity index (χ4v) is 0.270. The highest BCUT2D eigenvalue weighted by atomic mass is 16.2. The summed E-state index contributed by atoms with van der Waals surface area (Å²) in [4.78, 5) is 1.95. The van der Waals surface area contributed by atoms with Crippen molar-refractivity contribution in [2.45, 2.75) is 0 Å². The molecule has 0 saturated heterocycles. The Morgan fingerprint density at radius 2 is 2.00 bits per heavy atom. The van der Waals surface area contributed by atoms with Crippen LogP contribution in [0.25, 0.3) is 0 Å². The molecule has 0 saturated carbocycles. The fraction of sp³-hybridized carbons (Fsp3) is 0.667. The summed E-state index contributed by atoms with van der Waals surface area (Å²) in [6.07, 6.45) is 0. The lowest BCUT2D eigenvalue weighted by molar-refractivity contribution is 0.350. The van der Waals surface area contributed by atoms with E-state index in [0.29, 0.717) is 0 Å². The number of aliphatic hydroxyl groups excluding tert-OH is 1. The highest BCUT2D eigenvalue weighted by molar-refractivity contribution is 5.00. The molecule has 0 aromatic rings. The summed E-state index contributed by atoms with van der Waals surface area (Å²) in [5.74, 6) is 5.30. The van der Waals surface area contributed by atoms with E-state index in [1.165, 1.54) is 0 Å². The third kappa shape index (κ3) is 5.48. The van der Waals surface area contributed by atoms with E-state index in [1.807, 2.05) is 19.0 Å². The summed E-state index contributed by atoms with van der Waals surface area (Å²) in [5, 5.41) is 8.19. The van der Waals surface area contributed by atoms with Crippen LogP contribution in [-0.4, -0.2) is 37.3 Å². The zero-order valence-corrected chi connectivity index (χ0v) is 5.31. The second-order valence-corrected chi connectivity index (χ2v) is 1.75. The molecule has 2 heteroatoms. The average molecular weight is 113 g/mol. The van der Waals surface area contributed by atoms with Crippen molar-refractivity contribution in [3.05, 3.63) is 0 Å². The van der Waals surface area contributed by atoms with Gasteiger partial charge in [0.2, 0.25) is 0 Å². The van der Waals surface area contributed by atoms with E-state index < -0.39 is 0 Å². The molecule has 0 aliphatic heterocycles. The predicted octanol–water partition coefficient (Wildman–Crippen LogP) is -0.456. The molecule has 0 spiro atoms. The molecule has 0 atom stereocenters. The van der Waals surface area contributed by atoms with Gasteiger partial charge in [-0.05, 0) is 14.1 Å². The first kappa shape index (κ1) is 7.48. The van der Waals surface area contributed by atoms with Crippen LogP contribution < -0.4 is 0 Å². The first-order valence-corrected chi connectivity index (χ1v) is 2.48. The first-order chi connectivity index (χ1) is 3.77. The third-order valence-electron chi connectivity index (χ3n) is 0.599. The lowest BCUT2D eigenvalue weighted by Crippen LogP contribution is -2.10. The minimum atomic E-state index is -0.0339. The molecule has 0 bridgehead atoms. The molecule has 8 heavy (non-hydrogen) atoms. The summed E-state index contributed by atoms with van der Waals surface area (Å²) in [7, 11) is 3.87. The molecular weight excluding hydrogens is 102 g/mol. The van der Waals surface area contributed by atoms with E-state index in [0.717, 1.165) is 6.54 Å². The Bertz CT molecular complexity index is 98.8. The summed E-state index contributed by atoms with van der Waals surface area (Å²) in [6, 6.07) is 0. The topological polar surface area (TPSA) is 23.5 Å². The van der Waals surface area contributed by atoms with Gasteiger partial charge in [0.15, 0.2) is 0 Å². The maximum absolute atomic E-state index is 8.19. The molecule has 2 nitrogen and oxygen atoms in total. The van der Waals surface area contributed by atoms with Gasteiger partial charge in [-0.2, -0.15) is 0 Å². The van der Waals surface area contributed by atoms with Crippen LogP contribution in [0.15, 0.2) is 0 Å². The van der Waals surface area contributed by atoms with Gasteiger partial charge >= 0.3 is 0 Å². The van der Waals surface area contributed by atoms with Crippen molar-refractivity contribution in [2.24, 2.45) is 0 Å². The molecule has 1 N–H and O–H groups in total. The van der Waals surface area contributed by atoms with Crippen LogP contribution >= 0.6 is 0 Å². The predicted molar refractivity (Wildman–Crippen MR) is 33.4 cm³/mol. The Morgan fingerprint density at radius 3 is 2.38 bits per heavy atom. The van der Waals surface area contributed by atoms with Crippen LogP contribution in [0.4, 0.5) is 0 Å². The number of aliphatic hydroxyl groups is 1. The van der Waals surface area contributed by atoms with Gasteiger partial charge in [0.1, 0.15) is 6.61 Å². The van der Waals surface area contributed by atoms with Crippen LogP contribution in [0.2, 0.25) is 0 Å². The standard InChI is InChI=1S/C6H11NO/c1-7(2)5-3-4-6-8/h8H,5-6H2,1-2H3. The quantitative estimate of drug-likeness (QED) is 0.465. The molecule has 0 amide bonds. The minimum absolute atomic E-state index is 0.0339. The molecular formula is C6H11NO. The van der Waals surface area contributed by atoms with Gasteiger partial charge in [-0.15, -0.1) is 0 Å². The van der Waals surface area contributed by atoms with Gasteiger partial charge in [0, 0.05) is 0 Å². The van der Waals surface area contributed by atoms with Gasteiger partial charge in [-0.25, -0.2) is 0 Å². The van der Waals surface area contributed by atoms with E-state index in [-0.39, 0.29) is 6.61 Å². The van der Waals surface area contributed by atoms with Crippen molar-refractivity contribution in [3.8, 4) is 11.8 Å². The number of hydrogen-bond acceptors (Lipinski definition) is 2. The highest BCUT2D eigenvalue weighted by Crippen LogP contribution is 1.67. The van der Waals surface area contributed by atoms with Gasteiger partial charge in [-0.1, -0.05) is 11.8 Å². The summed E-state index contributed by atoms with van der Waals surface area (Å²) in [6.45, 7) is 0.689. The molecule has 0 unspecified atom stereocenters. The zero-order chi connectivity index (χ0) is 6.41. The molecule has 46 valence electrons. The largest absolute Gasteiger partial charge is 0.384 e. The van der Waals surface area contributed by atoms with Crippen LogP contribution in [0.3, 0.4) is 0 Å². The Balaban J connectivity index is 3.15. The second-order valence-electron chi connectivity index (χ2n) is 1.75. The van der Waals surface area contributed by atoms with Crippen LogP contribution in [0.5, 0.6) is 0 Å². The molecule has 0 aromatic carbocycles. The molecule has 0 aromatic heterocycles. The highest BCUT2D eigenvalue weighted by Gasteiger charge is 1.77. The van der Waals surface area contributed by atoms with E-state index in [9.17, 15) is 0 Å². The molecule has 0 aliphatic carbocycles. The van der Waals surface area contributed by atoms with E-state index in [1.54, 1.807) is 0 Å². The Kier molecular flexibility index (Phi) is 4.33. The van der Waals surface area contributed by atoms with Gasteiger partial charge in [0.05, 0.1) is 6.54 Å². The normalized spacial score (nSPS) is 8.50. The minimum Gasteiger partial charge on any atom is -0.384 e. The van der Waals surface area contributed by atoms with Crippen molar-refractivity contribution in [1.82, 2.24) is 4.90 Å². The Hall–Kier alpha value is -0.520. The first-order valence-electron chi connectivity index (χ1n) is 2.48. The summed E-state index contributed by atoms with van der Waals surface area (Å²) < 4.78 is 0.